The lowest BCUT2D eigenvalue weighted by Gasteiger charge is -2.10. The van der Waals surface area contributed by atoms with Crippen molar-refractivity contribution in [3.8, 4) is 11.3 Å². The topological polar surface area (TPSA) is 59.1 Å². The quantitative estimate of drug-likeness (QED) is 0.536. The number of aromatic nitrogens is 1. The van der Waals surface area contributed by atoms with Crippen molar-refractivity contribution in [3.63, 3.8) is 0 Å². The van der Waals surface area contributed by atoms with Crippen molar-refractivity contribution in [2.45, 2.75) is 5.75 Å². The molecule has 130 valence electrons. The first-order valence-electron chi connectivity index (χ1n) is 7.64. The summed E-state index contributed by atoms with van der Waals surface area (Å²) in [5.41, 5.74) is 3.43. The summed E-state index contributed by atoms with van der Waals surface area (Å²) in [6.45, 7) is 0. The zero-order chi connectivity index (χ0) is 18.5. The Labute approximate surface area is 168 Å². The number of nitrogens with one attached hydrogen (secondary N) is 1. The first-order chi connectivity index (χ1) is 12.6. The minimum Gasteiger partial charge on any atom is -0.322 e. The third-order valence-corrected chi connectivity index (χ3v) is 5.11. The molecule has 0 saturated carbocycles. The number of carbonyl (C=O) groups is 1. The van der Waals surface area contributed by atoms with Crippen molar-refractivity contribution in [1.29, 1.82) is 0 Å². The van der Waals surface area contributed by atoms with Gasteiger partial charge in [-0.05, 0) is 58.4 Å². The average Bonchev–Trinajstić information content (AvgIpc) is 2.64. The van der Waals surface area contributed by atoms with Gasteiger partial charge in [-0.25, -0.2) is 0 Å². The molecule has 3 aromatic rings. The Kier molecular flexibility index (Phi) is 6.08. The van der Waals surface area contributed by atoms with Crippen molar-refractivity contribution >= 4 is 50.8 Å². The summed E-state index contributed by atoms with van der Waals surface area (Å²) >= 11 is 10.2. The van der Waals surface area contributed by atoms with Crippen molar-refractivity contribution in [2.75, 3.05) is 5.32 Å². The number of carbonyl (C=O) groups excluding carboxylic acids is 1. The SMILES string of the molecule is O=[S+]Cc1ccc(C(=O)Nc2ccc(Cl)c(-c3ccccn3)c2)c(Br)c1. The Bertz CT molecular complexity index is 967. The lowest BCUT2D eigenvalue weighted by molar-refractivity contribution is 0.102. The van der Waals surface area contributed by atoms with Gasteiger partial charge in [0.25, 0.3) is 11.7 Å². The first-order valence-corrected chi connectivity index (χ1v) is 9.72. The summed E-state index contributed by atoms with van der Waals surface area (Å²) in [4.78, 5) is 16.9. The molecule has 26 heavy (non-hydrogen) atoms. The summed E-state index contributed by atoms with van der Waals surface area (Å²) < 4.78 is 11.3. The highest BCUT2D eigenvalue weighted by molar-refractivity contribution is 9.10. The summed E-state index contributed by atoms with van der Waals surface area (Å²) in [5.74, 6) is 0.0954. The Morgan fingerprint density at radius 2 is 2.00 bits per heavy atom. The number of benzene rings is 2. The number of pyridine rings is 1. The number of nitrogens with zero attached hydrogens (tertiary/aromatic N) is 1. The highest BCUT2D eigenvalue weighted by atomic mass is 79.9. The molecule has 0 bridgehead atoms. The average molecular weight is 449 g/mol. The van der Waals surface area contributed by atoms with Crippen LogP contribution in [0, 0.1) is 0 Å². The molecule has 1 heterocycles. The van der Waals surface area contributed by atoms with Gasteiger partial charge in [0.1, 0.15) is 0 Å². The molecule has 4 nitrogen and oxygen atoms in total. The van der Waals surface area contributed by atoms with Crippen LogP contribution in [0.15, 0.2) is 65.3 Å². The number of anilines is 1. The largest absolute Gasteiger partial charge is 0.463 e. The number of hydrogen-bond acceptors (Lipinski definition) is 3. The molecule has 7 heteroatoms. The molecule has 1 N–H and O–H groups in total. The standard InChI is InChI=1S/C19H12BrClN2O2S/c20-16-9-12(11-26-25)4-6-14(16)19(24)23-13-5-7-17(21)15(10-13)18-3-1-2-8-22-18/h1-10H,11H2/p+1. The molecule has 1 aromatic heterocycles. The maximum absolute atomic E-state index is 12.6. The van der Waals surface area contributed by atoms with Crippen LogP contribution in [0.3, 0.4) is 0 Å². The van der Waals surface area contributed by atoms with Gasteiger partial charge in [-0.1, -0.05) is 23.7 Å². The molecule has 0 unspecified atom stereocenters. The van der Waals surface area contributed by atoms with Gasteiger partial charge < -0.3 is 5.32 Å². The summed E-state index contributed by atoms with van der Waals surface area (Å²) in [6.07, 6.45) is 1.69. The Balaban J connectivity index is 1.85. The van der Waals surface area contributed by atoms with Crippen molar-refractivity contribution in [2.24, 2.45) is 0 Å². The van der Waals surface area contributed by atoms with E-state index in [9.17, 15) is 9.00 Å². The second-order valence-corrected chi connectivity index (χ2v) is 7.23. The van der Waals surface area contributed by atoms with Gasteiger partial charge in [0, 0.05) is 31.7 Å². The van der Waals surface area contributed by atoms with E-state index >= 15 is 0 Å². The summed E-state index contributed by atoms with van der Waals surface area (Å²) in [7, 11) is 0. The van der Waals surface area contributed by atoms with Gasteiger partial charge in [0.2, 0.25) is 0 Å². The second-order valence-electron chi connectivity index (χ2n) is 5.44. The molecule has 0 aliphatic rings. The van der Waals surface area contributed by atoms with Crippen LogP contribution in [0.4, 0.5) is 5.69 Å². The fourth-order valence-corrected chi connectivity index (χ4v) is 3.56. The van der Waals surface area contributed by atoms with Crippen molar-refractivity contribution in [1.82, 2.24) is 4.98 Å². The van der Waals surface area contributed by atoms with Crippen LogP contribution in [-0.4, -0.2) is 10.9 Å². The maximum Gasteiger partial charge on any atom is 0.463 e. The molecule has 0 aliphatic carbocycles. The molecule has 0 radical (unpaired) electrons. The smallest absolute Gasteiger partial charge is 0.322 e. The van der Waals surface area contributed by atoms with E-state index in [2.05, 4.69) is 26.2 Å². The van der Waals surface area contributed by atoms with Crippen molar-refractivity contribution in [3.05, 3.63) is 81.4 Å². The van der Waals surface area contributed by atoms with Crippen molar-refractivity contribution < 1.29 is 9.00 Å². The van der Waals surface area contributed by atoms with E-state index < -0.39 is 0 Å². The Morgan fingerprint density at radius 3 is 2.69 bits per heavy atom. The fraction of sp³-hybridized carbons (Fsp3) is 0.0526. The molecule has 2 aromatic carbocycles. The molecular formula is C19H13BrClN2O2S+. The van der Waals surface area contributed by atoms with Crippen LogP contribution >= 0.6 is 27.5 Å². The maximum atomic E-state index is 12.6. The predicted octanol–water partition coefficient (Wildman–Crippen LogP) is 5.34. The Morgan fingerprint density at radius 1 is 1.15 bits per heavy atom. The monoisotopic (exact) mass is 447 g/mol. The number of rotatable bonds is 5. The van der Waals surface area contributed by atoms with Gasteiger partial charge >= 0.3 is 11.7 Å². The molecular weight excluding hydrogens is 436 g/mol. The van der Waals surface area contributed by atoms with Crippen LogP contribution in [0.1, 0.15) is 15.9 Å². The van der Waals surface area contributed by atoms with Gasteiger partial charge in [0.05, 0.1) is 16.3 Å². The van der Waals surface area contributed by atoms with Gasteiger partial charge in [-0.2, -0.15) is 0 Å². The molecule has 1 amide bonds. The van der Waals surface area contributed by atoms with E-state index in [1.807, 2.05) is 18.2 Å². The lowest BCUT2D eigenvalue weighted by atomic mass is 10.1. The predicted molar refractivity (Wildman–Crippen MR) is 109 cm³/mol. The molecule has 0 fully saturated rings. The lowest BCUT2D eigenvalue weighted by Crippen LogP contribution is -2.12. The van der Waals surface area contributed by atoms with Gasteiger partial charge in [-0.15, -0.1) is 0 Å². The second kappa shape index (κ2) is 8.49. The molecule has 3 rings (SSSR count). The zero-order valence-corrected chi connectivity index (χ0v) is 16.6. The third kappa shape index (κ3) is 4.33. The van der Waals surface area contributed by atoms with Crippen LogP contribution in [0.25, 0.3) is 11.3 Å². The van der Waals surface area contributed by atoms with E-state index in [0.29, 0.717) is 38.2 Å². The minimum atomic E-state index is -0.257. The van der Waals surface area contributed by atoms with E-state index in [-0.39, 0.29) is 5.91 Å². The molecule has 0 spiro atoms. The van der Waals surface area contributed by atoms with Gasteiger partial charge in [-0.3, -0.25) is 9.78 Å². The number of hydrogen-bond donors (Lipinski definition) is 1. The normalized spacial score (nSPS) is 10.4. The van der Waals surface area contributed by atoms with Crippen LogP contribution < -0.4 is 5.32 Å². The van der Waals surface area contributed by atoms with Crippen LogP contribution in [0.2, 0.25) is 5.02 Å². The summed E-state index contributed by atoms with van der Waals surface area (Å²) in [5, 5.41) is 3.42. The zero-order valence-electron chi connectivity index (χ0n) is 13.4. The number of halogens is 2. The van der Waals surface area contributed by atoms with E-state index in [1.165, 1.54) is 0 Å². The third-order valence-electron chi connectivity index (χ3n) is 3.67. The Hall–Kier alpha value is -2.15. The van der Waals surface area contributed by atoms with E-state index in [0.717, 1.165) is 16.8 Å². The molecule has 0 aliphatic heterocycles. The summed E-state index contributed by atoms with van der Waals surface area (Å²) in [6, 6.07) is 16.1. The molecule has 0 saturated heterocycles. The van der Waals surface area contributed by atoms with Crippen LogP contribution in [0.5, 0.6) is 0 Å². The first kappa shape index (κ1) is 18.6. The fourth-order valence-electron chi connectivity index (χ4n) is 2.42. The number of amides is 1. The van der Waals surface area contributed by atoms with Gasteiger partial charge in [0.15, 0.2) is 0 Å². The van der Waals surface area contributed by atoms with E-state index in [4.69, 9.17) is 11.6 Å². The highest BCUT2D eigenvalue weighted by Crippen LogP contribution is 2.29. The van der Waals surface area contributed by atoms with Crippen LogP contribution in [-0.2, 0) is 21.6 Å². The highest BCUT2D eigenvalue weighted by Gasteiger charge is 2.14. The van der Waals surface area contributed by atoms with E-state index in [1.54, 1.807) is 42.6 Å². The molecule has 0 atom stereocenters. The minimum absolute atomic E-state index is 0.257.